The minimum absolute atomic E-state index is 0.0179. The van der Waals surface area contributed by atoms with E-state index in [0.717, 1.165) is 0 Å². The molecular weight excluding hydrogens is 332 g/mol. The fourth-order valence-corrected chi connectivity index (χ4v) is 2.72. The highest BCUT2D eigenvalue weighted by molar-refractivity contribution is 7.99. The van der Waals surface area contributed by atoms with Crippen molar-refractivity contribution >= 4 is 29.2 Å². The summed E-state index contributed by atoms with van der Waals surface area (Å²) in [6.45, 7) is 4.97. The summed E-state index contributed by atoms with van der Waals surface area (Å²) in [5.41, 5.74) is 4.90. The van der Waals surface area contributed by atoms with E-state index in [1.165, 1.54) is 21.2 Å². The number of methoxy groups -OCH3 is 1. The Morgan fingerprint density at radius 3 is 2.62 bits per heavy atom. The highest BCUT2D eigenvalue weighted by Crippen LogP contribution is 2.19. The molecule has 0 atom stereocenters. The van der Waals surface area contributed by atoms with E-state index in [9.17, 15) is 14.4 Å². The van der Waals surface area contributed by atoms with Crippen LogP contribution in [0.3, 0.4) is 0 Å². The quantitative estimate of drug-likeness (QED) is 0.622. The predicted octanol–water partition coefficient (Wildman–Crippen LogP) is 0.507. The number of H-pyrrole nitrogens is 1. The first kappa shape index (κ1) is 20.3. The summed E-state index contributed by atoms with van der Waals surface area (Å²) in [5, 5.41) is 0. The molecule has 0 radical (unpaired) electrons. The van der Waals surface area contributed by atoms with Crippen molar-refractivity contribution in [2.24, 2.45) is 5.92 Å². The summed E-state index contributed by atoms with van der Waals surface area (Å²) in [7, 11) is 1.57. The maximum absolute atomic E-state index is 12.4. The summed E-state index contributed by atoms with van der Waals surface area (Å²) >= 11 is 1.36. The first-order valence-corrected chi connectivity index (χ1v) is 9.13. The average molecular weight is 358 g/mol. The van der Waals surface area contributed by atoms with Crippen molar-refractivity contribution in [3.8, 4) is 0 Å². The molecule has 8 nitrogen and oxygen atoms in total. The van der Waals surface area contributed by atoms with Crippen molar-refractivity contribution < 1.29 is 9.53 Å². The Morgan fingerprint density at radius 1 is 1.42 bits per heavy atom. The largest absolute Gasteiger partial charge is 0.385 e. The second-order valence-electron chi connectivity index (χ2n) is 5.82. The van der Waals surface area contributed by atoms with Crippen molar-refractivity contribution in [3.63, 3.8) is 0 Å². The van der Waals surface area contributed by atoms with Gasteiger partial charge >= 0.3 is 5.69 Å². The van der Waals surface area contributed by atoms with Crippen LogP contribution in [0.2, 0.25) is 0 Å². The van der Waals surface area contributed by atoms with E-state index in [1.807, 2.05) is 13.8 Å². The van der Waals surface area contributed by atoms with E-state index in [0.29, 0.717) is 26.1 Å². The number of aromatic nitrogens is 2. The molecule has 0 spiro atoms. The average Bonchev–Trinajstić information content (AvgIpc) is 2.50. The van der Waals surface area contributed by atoms with E-state index in [2.05, 4.69) is 4.98 Å². The topological polar surface area (TPSA) is 110 Å². The van der Waals surface area contributed by atoms with Gasteiger partial charge in [0.15, 0.2) is 5.69 Å². The van der Waals surface area contributed by atoms with Gasteiger partial charge in [-0.05, 0) is 18.6 Å². The molecule has 1 amide bonds. The van der Waals surface area contributed by atoms with Crippen molar-refractivity contribution in [3.05, 3.63) is 20.8 Å². The number of hydrogen-bond acceptors (Lipinski definition) is 6. The highest BCUT2D eigenvalue weighted by Gasteiger charge is 2.23. The monoisotopic (exact) mass is 358 g/mol. The number of nitrogens with one attached hydrogen (secondary N) is 1. The molecule has 136 valence electrons. The molecule has 1 rings (SSSR count). The summed E-state index contributed by atoms with van der Waals surface area (Å²) in [5.74, 6) is 0.164. The van der Waals surface area contributed by atoms with Crippen LogP contribution in [-0.4, -0.2) is 47.7 Å². The maximum Gasteiger partial charge on any atom is 0.330 e. The van der Waals surface area contributed by atoms with E-state index in [4.69, 9.17) is 10.5 Å². The second-order valence-corrected chi connectivity index (χ2v) is 6.69. The summed E-state index contributed by atoms with van der Waals surface area (Å²) in [6, 6.07) is 0. The Hall–Kier alpha value is -1.74. The predicted molar refractivity (Wildman–Crippen MR) is 97.8 cm³/mol. The fourth-order valence-electron chi connectivity index (χ4n) is 2.31. The van der Waals surface area contributed by atoms with Gasteiger partial charge in [-0.25, -0.2) is 4.79 Å². The lowest BCUT2D eigenvalue weighted by atomic mass is 10.2. The third kappa shape index (κ3) is 5.13. The normalized spacial score (nSPS) is 11.0. The van der Waals surface area contributed by atoms with Crippen LogP contribution in [-0.2, 0) is 16.1 Å². The van der Waals surface area contributed by atoms with Crippen LogP contribution in [0.5, 0.6) is 0 Å². The van der Waals surface area contributed by atoms with Gasteiger partial charge in [0.1, 0.15) is 5.82 Å². The lowest BCUT2D eigenvalue weighted by Crippen LogP contribution is -2.42. The van der Waals surface area contributed by atoms with Crippen molar-refractivity contribution in [1.82, 2.24) is 9.55 Å². The van der Waals surface area contributed by atoms with Crippen LogP contribution < -0.4 is 21.9 Å². The smallest absolute Gasteiger partial charge is 0.330 e. The van der Waals surface area contributed by atoms with Gasteiger partial charge in [-0.15, -0.1) is 0 Å². The molecule has 0 fully saturated rings. The summed E-state index contributed by atoms with van der Waals surface area (Å²) < 4.78 is 6.31. The second kappa shape index (κ2) is 9.53. The number of amides is 1. The van der Waals surface area contributed by atoms with Crippen LogP contribution in [0.15, 0.2) is 9.59 Å². The molecule has 1 aromatic heterocycles. The molecule has 0 aliphatic heterocycles. The number of aromatic amines is 1. The molecule has 0 unspecified atom stereocenters. The third-order valence-corrected chi connectivity index (χ3v) is 3.87. The first-order valence-electron chi connectivity index (χ1n) is 7.74. The number of carbonyl (C=O) groups is 1. The fraction of sp³-hybridized carbons (Fsp3) is 0.667. The van der Waals surface area contributed by atoms with Crippen molar-refractivity contribution in [2.75, 3.05) is 42.9 Å². The standard InChI is InChI=1S/C15H26N4O4S/c1-10(2)8-19-13(16)12(14(21)17-15(19)22)18(6-5-7-23-3)11(20)9-24-4/h10H,5-9,16H2,1-4H3,(H,17,21,22). The van der Waals surface area contributed by atoms with E-state index in [-0.39, 0.29) is 29.1 Å². The Balaban J connectivity index is 3.37. The molecule has 3 N–H and O–H groups in total. The number of thioether (sulfide) groups is 1. The van der Waals surface area contributed by atoms with Crippen molar-refractivity contribution in [1.29, 1.82) is 0 Å². The highest BCUT2D eigenvalue weighted by atomic mass is 32.2. The zero-order valence-electron chi connectivity index (χ0n) is 14.6. The molecule has 1 heterocycles. The van der Waals surface area contributed by atoms with Gasteiger partial charge in [0, 0.05) is 26.8 Å². The molecule has 9 heteroatoms. The number of nitrogens with two attached hydrogens (primary N) is 1. The van der Waals surface area contributed by atoms with Crippen LogP contribution >= 0.6 is 11.8 Å². The van der Waals surface area contributed by atoms with Gasteiger partial charge in [0.05, 0.1) is 5.75 Å². The van der Waals surface area contributed by atoms with Crippen molar-refractivity contribution in [2.45, 2.75) is 26.8 Å². The Bertz CT molecular complexity index is 668. The minimum atomic E-state index is -0.649. The minimum Gasteiger partial charge on any atom is -0.385 e. The molecule has 0 saturated heterocycles. The number of ether oxygens (including phenoxy) is 1. The van der Waals surface area contributed by atoms with Crippen LogP contribution in [0.1, 0.15) is 20.3 Å². The Kier molecular flexibility index (Phi) is 8.06. The van der Waals surface area contributed by atoms with Crippen LogP contribution in [0.4, 0.5) is 11.5 Å². The molecule has 0 aliphatic rings. The molecule has 1 aromatic rings. The lowest BCUT2D eigenvalue weighted by molar-refractivity contribution is -0.116. The maximum atomic E-state index is 12.4. The lowest BCUT2D eigenvalue weighted by Gasteiger charge is -2.24. The summed E-state index contributed by atoms with van der Waals surface area (Å²) in [4.78, 5) is 40.4. The number of hydrogen-bond donors (Lipinski definition) is 2. The van der Waals surface area contributed by atoms with E-state index >= 15 is 0 Å². The zero-order chi connectivity index (χ0) is 18.3. The van der Waals surface area contributed by atoms with Gasteiger partial charge < -0.3 is 15.4 Å². The number of rotatable bonds is 9. The molecule has 24 heavy (non-hydrogen) atoms. The van der Waals surface area contributed by atoms with Crippen LogP contribution in [0, 0.1) is 5.92 Å². The number of anilines is 2. The van der Waals surface area contributed by atoms with Gasteiger partial charge in [0.2, 0.25) is 5.91 Å². The number of nitrogens with zero attached hydrogens (tertiary/aromatic N) is 2. The first-order chi connectivity index (χ1) is 11.3. The van der Waals surface area contributed by atoms with E-state index in [1.54, 1.807) is 13.4 Å². The van der Waals surface area contributed by atoms with Gasteiger partial charge in [-0.3, -0.25) is 19.1 Å². The molecule has 0 aromatic carbocycles. The summed E-state index contributed by atoms with van der Waals surface area (Å²) in [6.07, 6.45) is 2.36. The molecular formula is C15H26N4O4S. The number of nitrogen functional groups attached to an aromatic ring is 1. The third-order valence-electron chi connectivity index (χ3n) is 3.33. The van der Waals surface area contributed by atoms with Crippen LogP contribution in [0.25, 0.3) is 0 Å². The Labute approximate surface area is 145 Å². The van der Waals surface area contributed by atoms with Gasteiger partial charge in [-0.1, -0.05) is 13.8 Å². The SMILES string of the molecule is COCCCN(C(=O)CSC)c1c(N)n(CC(C)C)c(=O)[nH]c1=O. The van der Waals surface area contributed by atoms with Gasteiger partial charge in [-0.2, -0.15) is 11.8 Å². The molecule has 0 saturated carbocycles. The molecule has 0 aliphatic carbocycles. The van der Waals surface area contributed by atoms with E-state index < -0.39 is 11.2 Å². The zero-order valence-corrected chi connectivity index (χ0v) is 15.4. The molecule has 0 bridgehead atoms. The number of carbonyl (C=O) groups excluding carboxylic acids is 1. The van der Waals surface area contributed by atoms with Gasteiger partial charge in [0.25, 0.3) is 5.56 Å². The Morgan fingerprint density at radius 2 is 2.08 bits per heavy atom.